The third kappa shape index (κ3) is 3.03. The molecule has 28 heavy (non-hydrogen) atoms. The Bertz CT molecular complexity index is 960. The second-order valence-corrected chi connectivity index (χ2v) is 6.43. The van der Waals surface area contributed by atoms with Crippen LogP contribution in [0.2, 0.25) is 0 Å². The number of allylic oxidation sites excluding steroid dienone is 3. The minimum atomic E-state index is -2.44. The van der Waals surface area contributed by atoms with Crippen molar-refractivity contribution in [2.24, 2.45) is 7.05 Å². The number of cyclic esters (lactones) is 1. The zero-order valence-corrected chi connectivity index (χ0v) is 14.7. The van der Waals surface area contributed by atoms with Crippen LogP contribution < -0.4 is 0 Å². The topological polar surface area (TPSA) is 106 Å². The van der Waals surface area contributed by atoms with E-state index < -0.39 is 24.0 Å². The maximum Gasteiger partial charge on any atom is 0.414 e. The van der Waals surface area contributed by atoms with Crippen LogP contribution in [0, 0.1) is 0 Å². The van der Waals surface area contributed by atoms with Gasteiger partial charge in [0.25, 0.3) is 0 Å². The van der Waals surface area contributed by atoms with Crippen LogP contribution in [0.3, 0.4) is 0 Å². The second kappa shape index (κ2) is 6.75. The SMILES string of the molecule is Cn1nnc(-c2ccc(C3(F)C=CC(N4C[C@H](CO)OC4=O)=CC3F)cn2)n1. The highest BCUT2D eigenvalue weighted by Crippen LogP contribution is 2.39. The van der Waals surface area contributed by atoms with Crippen LogP contribution in [0.25, 0.3) is 11.5 Å². The van der Waals surface area contributed by atoms with Crippen molar-refractivity contribution in [3.63, 3.8) is 0 Å². The summed E-state index contributed by atoms with van der Waals surface area (Å²) in [5, 5.41) is 20.6. The number of alkyl halides is 2. The molecule has 146 valence electrons. The Morgan fingerprint density at radius 3 is 2.82 bits per heavy atom. The molecule has 1 fully saturated rings. The Morgan fingerprint density at radius 2 is 2.25 bits per heavy atom. The van der Waals surface area contributed by atoms with Crippen LogP contribution in [0.1, 0.15) is 5.56 Å². The van der Waals surface area contributed by atoms with Gasteiger partial charge in [-0.3, -0.25) is 9.88 Å². The Kier molecular flexibility index (Phi) is 4.38. The van der Waals surface area contributed by atoms with E-state index in [9.17, 15) is 9.18 Å². The first kappa shape index (κ1) is 18.2. The number of pyridine rings is 1. The van der Waals surface area contributed by atoms with Gasteiger partial charge in [0, 0.05) is 17.5 Å². The maximum absolute atomic E-state index is 15.4. The summed E-state index contributed by atoms with van der Waals surface area (Å²) in [6, 6.07) is 2.89. The first-order valence-electron chi connectivity index (χ1n) is 8.44. The molecule has 11 heteroatoms. The molecule has 1 aliphatic carbocycles. The van der Waals surface area contributed by atoms with Gasteiger partial charge >= 0.3 is 6.09 Å². The van der Waals surface area contributed by atoms with Crippen molar-refractivity contribution in [1.29, 1.82) is 0 Å². The summed E-state index contributed by atoms with van der Waals surface area (Å²) in [5.74, 6) is 0.270. The first-order valence-corrected chi connectivity index (χ1v) is 8.44. The van der Waals surface area contributed by atoms with E-state index in [4.69, 9.17) is 9.84 Å². The lowest BCUT2D eigenvalue weighted by molar-refractivity contribution is 0.0950. The van der Waals surface area contributed by atoms with E-state index in [1.54, 1.807) is 7.05 Å². The summed E-state index contributed by atoms with van der Waals surface area (Å²) in [4.78, 5) is 18.3. The number of aryl methyl sites for hydroxylation is 1. The maximum atomic E-state index is 15.4. The highest BCUT2D eigenvalue weighted by Gasteiger charge is 2.43. The van der Waals surface area contributed by atoms with Crippen LogP contribution in [-0.4, -0.2) is 66.7 Å². The number of halogens is 2. The van der Waals surface area contributed by atoms with Gasteiger partial charge in [-0.2, -0.15) is 4.80 Å². The number of rotatable bonds is 4. The van der Waals surface area contributed by atoms with Gasteiger partial charge in [-0.25, -0.2) is 13.6 Å². The lowest BCUT2D eigenvalue weighted by atomic mass is 9.87. The smallest absolute Gasteiger partial charge is 0.414 e. The van der Waals surface area contributed by atoms with E-state index in [2.05, 4.69) is 20.4 Å². The van der Waals surface area contributed by atoms with Crippen LogP contribution in [0.5, 0.6) is 0 Å². The van der Waals surface area contributed by atoms with Gasteiger partial charge in [0.2, 0.25) is 5.82 Å². The zero-order chi connectivity index (χ0) is 19.9. The third-order valence-corrected chi connectivity index (χ3v) is 4.55. The molecule has 3 heterocycles. The number of amides is 1. The molecule has 4 rings (SSSR count). The molecular formula is C17H16F2N6O3. The number of hydrogen-bond acceptors (Lipinski definition) is 7. The molecule has 1 aliphatic heterocycles. The number of hydrogen-bond donors (Lipinski definition) is 1. The normalized spacial score (nSPS) is 27.1. The molecule has 0 bridgehead atoms. The van der Waals surface area contributed by atoms with Gasteiger partial charge in [0.15, 0.2) is 11.8 Å². The largest absolute Gasteiger partial charge is 0.441 e. The first-order chi connectivity index (χ1) is 13.4. The van der Waals surface area contributed by atoms with E-state index in [0.717, 1.165) is 17.1 Å². The highest BCUT2D eigenvalue weighted by atomic mass is 19.2. The predicted molar refractivity (Wildman–Crippen MR) is 91.0 cm³/mol. The minimum Gasteiger partial charge on any atom is -0.441 e. The zero-order valence-electron chi connectivity index (χ0n) is 14.7. The van der Waals surface area contributed by atoms with Crippen molar-refractivity contribution in [3.05, 3.63) is 47.8 Å². The molecule has 2 aromatic rings. The number of aliphatic hydroxyl groups excluding tert-OH is 1. The minimum absolute atomic E-state index is 0.0106. The Hall–Kier alpha value is -3.21. The molecule has 2 unspecified atom stereocenters. The second-order valence-electron chi connectivity index (χ2n) is 6.43. The highest BCUT2D eigenvalue weighted by molar-refractivity contribution is 5.73. The van der Waals surface area contributed by atoms with Gasteiger partial charge < -0.3 is 9.84 Å². The van der Waals surface area contributed by atoms with Crippen LogP contribution in [0.4, 0.5) is 13.6 Å². The van der Waals surface area contributed by atoms with E-state index in [-0.39, 0.29) is 30.2 Å². The van der Waals surface area contributed by atoms with E-state index >= 15 is 4.39 Å². The number of aromatic nitrogens is 5. The average molecular weight is 390 g/mol. The van der Waals surface area contributed by atoms with Crippen molar-refractivity contribution in [3.8, 4) is 11.5 Å². The fourth-order valence-electron chi connectivity index (χ4n) is 3.03. The lowest BCUT2D eigenvalue weighted by Gasteiger charge is -2.29. The molecule has 2 aliphatic rings. The lowest BCUT2D eigenvalue weighted by Crippen LogP contribution is -2.34. The number of ether oxygens (including phenoxy) is 1. The molecule has 3 atom stereocenters. The number of aliphatic hydroxyl groups is 1. The Labute approximate surface area is 157 Å². The van der Waals surface area contributed by atoms with E-state index in [1.165, 1.54) is 29.2 Å². The molecule has 2 aromatic heterocycles. The van der Waals surface area contributed by atoms with E-state index in [0.29, 0.717) is 5.69 Å². The molecular weight excluding hydrogens is 374 g/mol. The summed E-state index contributed by atoms with van der Waals surface area (Å²) in [6.45, 7) is -0.275. The van der Waals surface area contributed by atoms with Gasteiger partial charge in [-0.15, -0.1) is 10.2 Å². The number of carbonyl (C=O) groups excluding carboxylic acids is 1. The monoisotopic (exact) mass is 390 g/mol. The summed E-state index contributed by atoms with van der Waals surface area (Å²) in [6.07, 6.45) is 1.14. The number of carbonyl (C=O) groups is 1. The van der Waals surface area contributed by atoms with Crippen molar-refractivity contribution in [2.75, 3.05) is 13.2 Å². The third-order valence-electron chi connectivity index (χ3n) is 4.55. The van der Waals surface area contributed by atoms with Crippen LogP contribution in [0.15, 0.2) is 42.3 Å². The fraction of sp³-hybridized carbons (Fsp3) is 0.353. The summed E-state index contributed by atoms with van der Waals surface area (Å²) in [7, 11) is 1.60. The van der Waals surface area contributed by atoms with Crippen LogP contribution in [-0.2, 0) is 17.5 Å². The Morgan fingerprint density at radius 1 is 1.43 bits per heavy atom. The summed E-state index contributed by atoms with van der Waals surface area (Å²) < 4.78 is 35.0. The molecule has 1 saturated heterocycles. The van der Waals surface area contributed by atoms with Crippen molar-refractivity contribution < 1.29 is 23.4 Å². The molecule has 0 saturated carbocycles. The fourth-order valence-corrected chi connectivity index (χ4v) is 3.03. The average Bonchev–Trinajstić information content (AvgIpc) is 3.30. The Balaban J connectivity index is 1.55. The number of tetrazole rings is 1. The van der Waals surface area contributed by atoms with Crippen molar-refractivity contribution >= 4 is 6.09 Å². The van der Waals surface area contributed by atoms with Gasteiger partial charge in [0.1, 0.15) is 11.8 Å². The molecule has 0 spiro atoms. The molecule has 1 amide bonds. The van der Waals surface area contributed by atoms with Gasteiger partial charge in [-0.05, 0) is 29.5 Å². The number of nitrogens with zero attached hydrogens (tertiary/aromatic N) is 6. The molecule has 1 N–H and O–H groups in total. The van der Waals surface area contributed by atoms with Gasteiger partial charge in [0.05, 0.1) is 20.2 Å². The quantitative estimate of drug-likeness (QED) is 0.831. The summed E-state index contributed by atoms with van der Waals surface area (Å²) >= 11 is 0. The van der Waals surface area contributed by atoms with Crippen LogP contribution >= 0.6 is 0 Å². The van der Waals surface area contributed by atoms with E-state index in [1.807, 2.05) is 0 Å². The standard InChI is InChI=1S/C17H16F2N6O3/c1-24-22-15(21-23-24)13-3-2-10(7-20-13)17(19)5-4-11(6-14(17)18)25-8-12(9-26)28-16(25)27/h2-7,12,14,26H,8-9H2,1H3/t12-,14?,17?/m1/s1. The van der Waals surface area contributed by atoms with Gasteiger partial charge in [-0.1, -0.05) is 6.07 Å². The predicted octanol–water partition coefficient (Wildman–Crippen LogP) is 1.04. The molecule has 9 nitrogen and oxygen atoms in total. The molecule has 0 aromatic carbocycles. The summed E-state index contributed by atoms with van der Waals surface area (Å²) in [5.41, 5.74) is -1.88. The van der Waals surface area contributed by atoms with Crippen molar-refractivity contribution in [1.82, 2.24) is 30.1 Å². The van der Waals surface area contributed by atoms with Crippen molar-refractivity contribution in [2.45, 2.75) is 17.9 Å². The molecule has 0 radical (unpaired) electrons.